The molecule has 1 fully saturated rings. The van der Waals surface area contributed by atoms with Gasteiger partial charge in [-0.3, -0.25) is 0 Å². The van der Waals surface area contributed by atoms with Gasteiger partial charge in [-0.05, 0) is 12.8 Å². The lowest BCUT2D eigenvalue weighted by molar-refractivity contribution is -0.127. The van der Waals surface area contributed by atoms with Crippen LogP contribution < -0.4 is 0 Å². The summed E-state index contributed by atoms with van der Waals surface area (Å²) in [6, 6.07) is 0. The van der Waals surface area contributed by atoms with Gasteiger partial charge < -0.3 is 9.47 Å². The van der Waals surface area contributed by atoms with E-state index in [-0.39, 0.29) is 0 Å². The van der Waals surface area contributed by atoms with Gasteiger partial charge in [0.15, 0.2) is 0 Å². The van der Waals surface area contributed by atoms with Gasteiger partial charge in [-0.1, -0.05) is 13.0 Å². The molecular formula is C10H18O2. The van der Waals surface area contributed by atoms with E-state index < -0.39 is 0 Å². The first-order chi connectivity index (χ1) is 5.83. The molecule has 70 valence electrons. The zero-order valence-electron chi connectivity index (χ0n) is 7.84. The van der Waals surface area contributed by atoms with Crippen molar-refractivity contribution in [2.45, 2.75) is 19.8 Å². The Balaban J connectivity index is 2.07. The summed E-state index contributed by atoms with van der Waals surface area (Å²) < 4.78 is 10.6. The van der Waals surface area contributed by atoms with Crippen molar-refractivity contribution in [2.24, 2.45) is 5.41 Å². The predicted octanol–water partition coefficient (Wildman–Crippen LogP) is 2.01. The SMILES string of the molecule is C=CCOCCC1(CC)COC1. The fourth-order valence-corrected chi connectivity index (χ4v) is 1.37. The molecule has 0 spiro atoms. The van der Waals surface area contributed by atoms with E-state index in [2.05, 4.69) is 13.5 Å². The summed E-state index contributed by atoms with van der Waals surface area (Å²) in [5.74, 6) is 0. The van der Waals surface area contributed by atoms with Crippen LogP contribution in [0.15, 0.2) is 12.7 Å². The first kappa shape index (κ1) is 9.75. The van der Waals surface area contributed by atoms with Crippen LogP contribution in [0.1, 0.15) is 19.8 Å². The Bertz CT molecular complexity index is 133. The molecule has 0 unspecified atom stereocenters. The Labute approximate surface area is 74.6 Å². The van der Waals surface area contributed by atoms with E-state index in [1.807, 2.05) is 0 Å². The van der Waals surface area contributed by atoms with Crippen LogP contribution in [0.25, 0.3) is 0 Å². The highest BCUT2D eigenvalue weighted by atomic mass is 16.5. The van der Waals surface area contributed by atoms with Crippen LogP contribution in [0, 0.1) is 5.41 Å². The molecule has 0 atom stereocenters. The molecule has 0 amide bonds. The molecule has 0 aromatic heterocycles. The van der Waals surface area contributed by atoms with E-state index in [0.717, 1.165) is 26.2 Å². The number of rotatable bonds is 6. The Kier molecular flexibility index (Phi) is 3.76. The second-order valence-electron chi connectivity index (χ2n) is 3.46. The molecule has 1 heterocycles. The van der Waals surface area contributed by atoms with E-state index in [9.17, 15) is 0 Å². The molecule has 2 heteroatoms. The lowest BCUT2D eigenvalue weighted by Crippen LogP contribution is -2.42. The molecule has 2 nitrogen and oxygen atoms in total. The zero-order valence-corrected chi connectivity index (χ0v) is 7.84. The highest BCUT2D eigenvalue weighted by Crippen LogP contribution is 2.34. The average Bonchev–Trinajstić information content (AvgIpc) is 2.02. The van der Waals surface area contributed by atoms with Crippen molar-refractivity contribution in [3.8, 4) is 0 Å². The molecule has 0 aromatic rings. The van der Waals surface area contributed by atoms with Gasteiger partial charge in [0.2, 0.25) is 0 Å². The molecule has 12 heavy (non-hydrogen) atoms. The topological polar surface area (TPSA) is 18.5 Å². The number of hydrogen-bond donors (Lipinski definition) is 0. The Morgan fingerprint density at radius 1 is 1.58 bits per heavy atom. The van der Waals surface area contributed by atoms with Crippen molar-refractivity contribution < 1.29 is 9.47 Å². The third-order valence-corrected chi connectivity index (χ3v) is 2.58. The van der Waals surface area contributed by atoms with Crippen molar-refractivity contribution in [3.05, 3.63) is 12.7 Å². The molecule has 1 saturated heterocycles. The largest absolute Gasteiger partial charge is 0.380 e. The standard InChI is InChI=1S/C10H18O2/c1-3-6-11-7-5-10(4-2)8-12-9-10/h3H,1,4-9H2,2H3. The summed E-state index contributed by atoms with van der Waals surface area (Å²) in [5, 5.41) is 0. The highest BCUT2D eigenvalue weighted by molar-refractivity contribution is 4.83. The van der Waals surface area contributed by atoms with Gasteiger partial charge in [0.25, 0.3) is 0 Å². The smallest absolute Gasteiger partial charge is 0.0644 e. The van der Waals surface area contributed by atoms with Gasteiger partial charge in [-0.2, -0.15) is 0 Å². The minimum atomic E-state index is 0.432. The van der Waals surface area contributed by atoms with Crippen LogP contribution in [0.3, 0.4) is 0 Å². The van der Waals surface area contributed by atoms with Gasteiger partial charge in [0.05, 0.1) is 19.8 Å². The molecule has 0 saturated carbocycles. The minimum Gasteiger partial charge on any atom is -0.380 e. The van der Waals surface area contributed by atoms with E-state index in [0.29, 0.717) is 12.0 Å². The summed E-state index contributed by atoms with van der Waals surface area (Å²) in [7, 11) is 0. The third-order valence-electron chi connectivity index (χ3n) is 2.58. The maximum absolute atomic E-state index is 5.34. The summed E-state index contributed by atoms with van der Waals surface area (Å²) in [5.41, 5.74) is 0.432. The van der Waals surface area contributed by atoms with E-state index in [1.54, 1.807) is 6.08 Å². The second-order valence-corrected chi connectivity index (χ2v) is 3.46. The van der Waals surface area contributed by atoms with Gasteiger partial charge >= 0.3 is 0 Å². The van der Waals surface area contributed by atoms with E-state index in [4.69, 9.17) is 9.47 Å². The van der Waals surface area contributed by atoms with Gasteiger partial charge in [-0.15, -0.1) is 6.58 Å². The number of hydrogen-bond acceptors (Lipinski definition) is 2. The molecule has 0 bridgehead atoms. The maximum atomic E-state index is 5.34. The predicted molar refractivity (Wildman–Crippen MR) is 49.2 cm³/mol. The third kappa shape index (κ3) is 2.32. The molecule has 0 N–H and O–H groups in total. The van der Waals surface area contributed by atoms with Gasteiger partial charge in [-0.25, -0.2) is 0 Å². The molecule has 1 aliphatic rings. The van der Waals surface area contributed by atoms with Crippen LogP contribution >= 0.6 is 0 Å². The van der Waals surface area contributed by atoms with Crippen LogP contribution in [0.2, 0.25) is 0 Å². The van der Waals surface area contributed by atoms with Gasteiger partial charge in [0.1, 0.15) is 0 Å². The Morgan fingerprint density at radius 3 is 2.75 bits per heavy atom. The molecule has 0 aromatic carbocycles. The lowest BCUT2D eigenvalue weighted by Gasteiger charge is -2.40. The van der Waals surface area contributed by atoms with Gasteiger partial charge in [0, 0.05) is 12.0 Å². The number of ether oxygens (including phenoxy) is 2. The van der Waals surface area contributed by atoms with Crippen LogP contribution in [-0.4, -0.2) is 26.4 Å². The fraction of sp³-hybridized carbons (Fsp3) is 0.800. The summed E-state index contributed by atoms with van der Waals surface area (Å²) >= 11 is 0. The Hall–Kier alpha value is -0.340. The van der Waals surface area contributed by atoms with Crippen molar-refractivity contribution in [1.82, 2.24) is 0 Å². The molecular weight excluding hydrogens is 152 g/mol. The van der Waals surface area contributed by atoms with Crippen LogP contribution in [0.4, 0.5) is 0 Å². The Morgan fingerprint density at radius 2 is 2.33 bits per heavy atom. The molecule has 1 rings (SSSR count). The summed E-state index contributed by atoms with van der Waals surface area (Å²) in [4.78, 5) is 0. The zero-order chi connectivity index (χ0) is 8.86. The maximum Gasteiger partial charge on any atom is 0.0644 e. The van der Waals surface area contributed by atoms with E-state index in [1.165, 1.54) is 6.42 Å². The van der Waals surface area contributed by atoms with E-state index >= 15 is 0 Å². The van der Waals surface area contributed by atoms with Crippen molar-refractivity contribution in [1.29, 1.82) is 0 Å². The summed E-state index contributed by atoms with van der Waals surface area (Å²) in [6.07, 6.45) is 4.11. The first-order valence-corrected chi connectivity index (χ1v) is 4.59. The highest BCUT2D eigenvalue weighted by Gasteiger charge is 2.35. The monoisotopic (exact) mass is 170 g/mol. The van der Waals surface area contributed by atoms with Crippen molar-refractivity contribution in [3.63, 3.8) is 0 Å². The fourth-order valence-electron chi connectivity index (χ4n) is 1.37. The molecule has 0 radical (unpaired) electrons. The second kappa shape index (κ2) is 4.63. The van der Waals surface area contributed by atoms with Crippen LogP contribution in [0.5, 0.6) is 0 Å². The first-order valence-electron chi connectivity index (χ1n) is 4.59. The summed E-state index contributed by atoms with van der Waals surface area (Å²) in [6.45, 7) is 9.16. The minimum absolute atomic E-state index is 0.432. The van der Waals surface area contributed by atoms with Crippen molar-refractivity contribution in [2.75, 3.05) is 26.4 Å². The van der Waals surface area contributed by atoms with Crippen molar-refractivity contribution >= 4 is 0 Å². The molecule has 1 aliphatic heterocycles. The average molecular weight is 170 g/mol. The quantitative estimate of drug-likeness (QED) is 0.448. The normalized spacial score (nSPS) is 20.1. The molecule has 0 aliphatic carbocycles. The lowest BCUT2D eigenvalue weighted by atomic mass is 9.80. The van der Waals surface area contributed by atoms with Crippen LogP contribution in [-0.2, 0) is 9.47 Å².